The monoisotopic (exact) mass is 334 g/mol. The van der Waals surface area contributed by atoms with E-state index in [0.717, 1.165) is 53.1 Å². The molecule has 2 heterocycles. The first kappa shape index (κ1) is 15.8. The van der Waals surface area contributed by atoms with Gasteiger partial charge in [-0.3, -0.25) is 0 Å². The highest BCUT2D eigenvalue weighted by atomic mass is 16.5. The summed E-state index contributed by atoms with van der Waals surface area (Å²) >= 11 is 0. The number of fused-ring (bicyclic) bond motifs is 1. The average Bonchev–Trinajstić information content (AvgIpc) is 3.07. The van der Waals surface area contributed by atoms with E-state index in [2.05, 4.69) is 39.6 Å². The molecule has 0 amide bonds. The molecule has 0 bridgehead atoms. The van der Waals surface area contributed by atoms with Crippen molar-refractivity contribution in [2.24, 2.45) is 0 Å². The Labute approximate surface area is 147 Å². The van der Waals surface area contributed by atoms with Crippen LogP contribution in [0.15, 0.2) is 48.5 Å². The summed E-state index contributed by atoms with van der Waals surface area (Å²) in [4.78, 5) is 2.33. The zero-order valence-corrected chi connectivity index (χ0v) is 14.6. The van der Waals surface area contributed by atoms with Gasteiger partial charge in [-0.25, -0.2) is 0 Å². The van der Waals surface area contributed by atoms with E-state index in [1.807, 2.05) is 36.4 Å². The van der Waals surface area contributed by atoms with E-state index in [1.54, 1.807) is 7.11 Å². The van der Waals surface area contributed by atoms with Crippen LogP contribution in [0, 0.1) is 0 Å². The molecule has 1 aliphatic rings. The van der Waals surface area contributed by atoms with Crippen molar-refractivity contribution < 1.29 is 4.74 Å². The molecule has 0 radical (unpaired) electrons. The van der Waals surface area contributed by atoms with Crippen LogP contribution in [0.5, 0.6) is 5.75 Å². The first-order valence-electron chi connectivity index (χ1n) is 8.59. The van der Waals surface area contributed by atoms with Crippen molar-refractivity contribution in [1.29, 1.82) is 0 Å². The third-order valence-corrected chi connectivity index (χ3v) is 4.78. The topological polar surface area (TPSA) is 50.3 Å². The van der Waals surface area contributed by atoms with Gasteiger partial charge >= 0.3 is 0 Å². The maximum Gasteiger partial charge on any atom is 0.156 e. The lowest BCUT2D eigenvalue weighted by Crippen LogP contribution is -2.24. The van der Waals surface area contributed by atoms with Gasteiger partial charge in [-0.05, 0) is 44.3 Å². The van der Waals surface area contributed by atoms with Crippen LogP contribution in [-0.4, -0.2) is 48.4 Å². The van der Waals surface area contributed by atoms with Crippen molar-refractivity contribution in [3.8, 4) is 17.0 Å². The number of rotatable bonds is 4. The normalized spacial score (nSPS) is 17.8. The standard InChI is InChI=1S/C20H22N4O/c1-24-12-11-15(13-24)21-20-18-6-4-3-5-17(18)19(22-23-20)14-7-9-16(25-2)10-8-14/h3-10,15H,11-13H2,1-2H3,(H,21,23). The molecule has 3 aromatic rings. The molecule has 2 aromatic carbocycles. The smallest absolute Gasteiger partial charge is 0.156 e. The van der Waals surface area contributed by atoms with Crippen LogP contribution in [-0.2, 0) is 0 Å². The molecule has 5 heteroatoms. The maximum absolute atomic E-state index is 5.24. The van der Waals surface area contributed by atoms with Crippen LogP contribution >= 0.6 is 0 Å². The Bertz CT molecular complexity index is 879. The molecular weight excluding hydrogens is 312 g/mol. The molecule has 25 heavy (non-hydrogen) atoms. The summed E-state index contributed by atoms with van der Waals surface area (Å²) in [7, 11) is 3.82. The number of likely N-dealkylation sites (tertiary alicyclic amines) is 1. The van der Waals surface area contributed by atoms with Crippen LogP contribution in [0.3, 0.4) is 0 Å². The van der Waals surface area contributed by atoms with E-state index in [1.165, 1.54) is 0 Å². The van der Waals surface area contributed by atoms with E-state index in [9.17, 15) is 0 Å². The van der Waals surface area contributed by atoms with Gasteiger partial charge in [0.2, 0.25) is 0 Å². The predicted octanol–water partition coefficient (Wildman–Crippen LogP) is 3.42. The summed E-state index contributed by atoms with van der Waals surface area (Å²) in [5, 5.41) is 14.8. The van der Waals surface area contributed by atoms with Gasteiger partial charge in [0.15, 0.2) is 5.82 Å². The summed E-state index contributed by atoms with van der Waals surface area (Å²) in [6.07, 6.45) is 1.13. The number of likely N-dealkylation sites (N-methyl/N-ethyl adjacent to an activating group) is 1. The third-order valence-electron chi connectivity index (χ3n) is 4.78. The first-order chi connectivity index (χ1) is 12.2. The second-order valence-corrected chi connectivity index (χ2v) is 6.56. The number of aromatic nitrogens is 2. The Balaban J connectivity index is 1.73. The molecule has 1 aromatic heterocycles. The van der Waals surface area contributed by atoms with Gasteiger partial charge in [0.25, 0.3) is 0 Å². The number of hydrogen-bond acceptors (Lipinski definition) is 5. The fourth-order valence-electron chi connectivity index (χ4n) is 3.42. The lowest BCUT2D eigenvalue weighted by Gasteiger charge is -2.16. The maximum atomic E-state index is 5.24. The Morgan fingerprint density at radius 3 is 2.48 bits per heavy atom. The number of nitrogens with zero attached hydrogens (tertiary/aromatic N) is 3. The van der Waals surface area contributed by atoms with Gasteiger partial charge in [-0.2, -0.15) is 0 Å². The minimum atomic E-state index is 0.426. The molecule has 1 N–H and O–H groups in total. The molecule has 1 unspecified atom stereocenters. The molecule has 1 atom stereocenters. The van der Waals surface area contributed by atoms with Gasteiger partial charge in [0, 0.05) is 28.9 Å². The fraction of sp³-hybridized carbons (Fsp3) is 0.300. The Kier molecular flexibility index (Phi) is 4.24. The van der Waals surface area contributed by atoms with Gasteiger partial charge in [-0.15, -0.1) is 10.2 Å². The molecule has 128 valence electrons. The average molecular weight is 334 g/mol. The fourth-order valence-corrected chi connectivity index (χ4v) is 3.42. The van der Waals surface area contributed by atoms with E-state index < -0.39 is 0 Å². The summed E-state index contributed by atoms with van der Waals surface area (Å²) in [5.41, 5.74) is 1.93. The summed E-state index contributed by atoms with van der Waals surface area (Å²) in [6, 6.07) is 16.7. The van der Waals surface area contributed by atoms with Gasteiger partial charge < -0.3 is 15.0 Å². The highest BCUT2D eigenvalue weighted by Crippen LogP contribution is 2.31. The molecule has 4 rings (SSSR count). The quantitative estimate of drug-likeness (QED) is 0.792. The molecule has 1 aliphatic heterocycles. The minimum Gasteiger partial charge on any atom is -0.497 e. The van der Waals surface area contributed by atoms with Crippen LogP contribution in [0.4, 0.5) is 5.82 Å². The zero-order chi connectivity index (χ0) is 17.2. The van der Waals surface area contributed by atoms with Crippen LogP contribution in [0.2, 0.25) is 0 Å². The molecular formula is C20H22N4O. The molecule has 5 nitrogen and oxygen atoms in total. The van der Waals surface area contributed by atoms with Crippen LogP contribution in [0.1, 0.15) is 6.42 Å². The van der Waals surface area contributed by atoms with Crippen molar-refractivity contribution in [3.63, 3.8) is 0 Å². The van der Waals surface area contributed by atoms with Crippen molar-refractivity contribution in [1.82, 2.24) is 15.1 Å². The summed E-state index contributed by atoms with van der Waals surface area (Å²) in [5.74, 6) is 1.71. The van der Waals surface area contributed by atoms with E-state index in [0.29, 0.717) is 6.04 Å². The summed E-state index contributed by atoms with van der Waals surface area (Å²) < 4.78 is 5.24. The lowest BCUT2D eigenvalue weighted by molar-refractivity contribution is 0.414. The highest BCUT2D eigenvalue weighted by molar-refractivity contribution is 6.00. The summed E-state index contributed by atoms with van der Waals surface area (Å²) in [6.45, 7) is 2.16. The molecule has 0 aliphatic carbocycles. The second kappa shape index (κ2) is 6.69. The Hall–Kier alpha value is -2.66. The number of anilines is 1. The second-order valence-electron chi connectivity index (χ2n) is 6.56. The van der Waals surface area contributed by atoms with E-state index in [4.69, 9.17) is 4.74 Å². The number of hydrogen-bond donors (Lipinski definition) is 1. The molecule has 0 spiro atoms. The van der Waals surface area contributed by atoms with Gasteiger partial charge in [0.1, 0.15) is 11.4 Å². The van der Waals surface area contributed by atoms with Gasteiger partial charge in [0.05, 0.1) is 7.11 Å². The Morgan fingerprint density at radius 2 is 1.80 bits per heavy atom. The number of methoxy groups -OCH3 is 1. The number of ether oxygens (including phenoxy) is 1. The molecule has 0 saturated carbocycles. The zero-order valence-electron chi connectivity index (χ0n) is 14.6. The minimum absolute atomic E-state index is 0.426. The number of benzene rings is 2. The Morgan fingerprint density at radius 1 is 1.04 bits per heavy atom. The lowest BCUT2D eigenvalue weighted by atomic mass is 10.0. The predicted molar refractivity (Wildman–Crippen MR) is 101 cm³/mol. The third kappa shape index (κ3) is 3.15. The van der Waals surface area contributed by atoms with Crippen molar-refractivity contribution >= 4 is 16.6 Å². The van der Waals surface area contributed by atoms with Crippen molar-refractivity contribution in [2.75, 3.05) is 32.6 Å². The van der Waals surface area contributed by atoms with E-state index in [-0.39, 0.29) is 0 Å². The number of nitrogens with one attached hydrogen (secondary N) is 1. The highest BCUT2D eigenvalue weighted by Gasteiger charge is 2.21. The van der Waals surface area contributed by atoms with E-state index >= 15 is 0 Å². The van der Waals surface area contributed by atoms with Crippen molar-refractivity contribution in [3.05, 3.63) is 48.5 Å². The molecule has 1 saturated heterocycles. The largest absolute Gasteiger partial charge is 0.497 e. The van der Waals surface area contributed by atoms with Crippen LogP contribution < -0.4 is 10.1 Å². The molecule has 1 fully saturated rings. The SMILES string of the molecule is COc1ccc(-c2nnc(NC3CCN(C)C3)c3ccccc23)cc1. The van der Waals surface area contributed by atoms with Gasteiger partial charge in [-0.1, -0.05) is 24.3 Å². The van der Waals surface area contributed by atoms with Crippen LogP contribution in [0.25, 0.3) is 22.0 Å². The van der Waals surface area contributed by atoms with Crippen molar-refractivity contribution in [2.45, 2.75) is 12.5 Å². The first-order valence-corrected chi connectivity index (χ1v) is 8.59.